The van der Waals surface area contributed by atoms with Gasteiger partial charge in [0.1, 0.15) is 5.75 Å². The molecule has 0 spiro atoms. The molecule has 2 aromatic rings. The molecule has 2 N–H and O–H groups in total. The van der Waals surface area contributed by atoms with E-state index in [0.717, 1.165) is 28.1 Å². The quantitative estimate of drug-likeness (QED) is 0.660. The predicted molar refractivity (Wildman–Crippen MR) is 95.5 cm³/mol. The Morgan fingerprint density at radius 1 is 1.35 bits per heavy atom. The number of ether oxygens (including phenoxy) is 2. The van der Waals surface area contributed by atoms with Crippen LogP contribution in [0, 0.1) is 6.92 Å². The summed E-state index contributed by atoms with van der Waals surface area (Å²) in [6.45, 7) is 2.81. The minimum absolute atomic E-state index is 0.263. The van der Waals surface area contributed by atoms with Crippen LogP contribution in [0.5, 0.6) is 5.75 Å². The van der Waals surface area contributed by atoms with Gasteiger partial charge in [-0.15, -0.1) is 0 Å². The molecule has 0 bridgehead atoms. The fourth-order valence-corrected chi connectivity index (χ4v) is 3.32. The molecule has 0 saturated heterocycles. The van der Waals surface area contributed by atoms with Gasteiger partial charge in [0.15, 0.2) is 12.0 Å². The molecule has 0 aromatic heterocycles. The van der Waals surface area contributed by atoms with Crippen LogP contribution in [-0.4, -0.2) is 12.0 Å². The van der Waals surface area contributed by atoms with E-state index in [1.54, 1.807) is 0 Å². The third-order valence-corrected chi connectivity index (χ3v) is 4.43. The number of benzene rings is 2. The number of halogens is 1. The van der Waals surface area contributed by atoms with Gasteiger partial charge in [-0.25, -0.2) is 4.99 Å². The number of aliphatic imine (C=N–C) groups is 1. The van der Waals surface area contributed by atoms with E-state index in [0.29, 0.717) is 22.6 Å². The second-order valence-corrected chi connectivity index (χ2v) is 6.67. The van der Waals surface area contributed by atoms with Crippen molar-refractivity contribution in [3.63, 3.8) is 0 Å². The van der Waals surface area contributed by atoms with Gasteiger partial charge < -0.3 is 15.2 Å². The summed E-state index contributed by atoms with van der Waals surface area (Å²) < 4.78 is 10.9. The molecule has 0 saturated carbocycles. The zero-order valence-electron chi connectivity index (χ0n) is 12.7. The SMILES string of the molecule is Cc1cccc(N=C(N)SCc2cc(Cl)cc3c2OCOC3)c1. The Morgan fingerprint density at radius 2 is 2.22 bits per heavy atom. The summed E-state index contributed by atoms with van der Waals surface area (Å²) in [6.07, 6.45) is 0. The number of nitrogens with two attached hydrogens (primary N) is 1. The minimum Gasteiger partial charge on any atom is -0.467 e. The molecule has 2 aromatic carbocycles. The summed E-state index contributed by atoms with van der Waals surface area (Å²) >= 11 is 7.62. The van der Waals surface area contributed by atoms with Crippen LogP contribution in [0.3, 0.4) is 0 Å². The lowest BCUT2D eigenvalue weighted by molar-refractivity contribution is -0.0168. The number of rotatable bonds is 3. The van der Waals surface area contributed by atoms with Crippen molar-refractivity contribution in [2.45, 2.75) is 19.3 Å². The van der Waals surface area contributed by atoms with Gasteiger partial charge in [0.05, 0.1) is 12.3 Å². The van der Waals surface area contributed by atoms with E-state index in [9.17, 15) is 0 Å². The highest BCUT2D eigenvalue weighted by atomic mass is 35.5. The second-order valence-electron chi connectivity index (χ2n) is 5.24. The molecule has 23 heavy (non-hydrogen) atoms. The predicted octanol–water partition coefficient (Wildman–Crippen LogP) is 4.39. The van der Waals surface area contributed by atoms with Crippen LogP contribution in [0.4, 0.5) is 5.69 Å². The summed E-state index contributed by atoms with van der Waals surface area (Å²) in [4.78, 5) is 4.43. The molecule has 1 aliphatic rings. The number of hydrogen-bond donors (Lipinski definition) is 1. The smallest absolute Gasteiger partial charge is 0.189 e. The summed E-state index contributed by atoms with van der Waals surface area (Å²) in [5, 5.41) is 1.18. The van der Waals surface area contributed by atoms with Crippen molar-refractivity contribution >= 4 is 34.2 Å². The van der Waals surface area contributed by atoms with Gasteiger partial charge >= 0.3 is 0 Å². The molecule has 0 unspecified atom stereocenters. The zero-order chi connectivity index (χ0) is 16.2. The standard InChI is InChI=1S/C17H17ClN2O2S/c1-11-3-2-4-15(5-11)20-17(19)23-9-13-7-14(18)6-12-8-21-10-22-16(12)13/h2-7H,8-10H2,1H3,(H2,19,20). The van der Waals surface area contributed by atoms with E-state index in [-0.39, 0.29) is 6.79 Å². The van der Waals surface area contributed by atoms with Gasteiger partial charge in [0, 0.05) is 21.9 Å². The summed E-state index contributed by atoms with van der Waals surface area (Å²) in [6, 6.07) is 11.7. The molecule has 0 aliphatic carbocycles. The highest BCUT2D eigenvalue weighted by molar-refractivity contribution is 8.13. The maximum atomic E-state index is 6.16. The van der Waals surface area contributed by atoms with Crippen LogP contribution >= 0.6 is 23.4 Å². The van der Waals surface area contributed by atoms with Crippen LogP contribution < -0.4 is 10.5 Å². The number of amidine groups is 1. The van der Waals surface area contributed by atoms with Crippen LogP contribution in [0.1, 0.15) is 16.7 Å². The monoisotopic (exact) mass is 348 g/mol. The Labute approximate surface area is 144 Å². The first-order valence-corrected chi connectivity index (χ1v) is 8.53. The van der Waals surface area contributed by atoms with E-state index in [2.05, 4.69) is 4.99 Å². The van der Waals surface area contributed by atoms with Crippen LogP contribution in [-0.2, 0) is 17.1 Å². The Hall–Kier alpha value is -1.69. The Morgan fingerprint density at radius 3 is 3.04 bits per heavy atom. The van der Waals surface area contributed by atoms with Crippen molar-refractivity contribution in [3.8, 4) is 5.75 Å². The molecule has 0 radical (unpaired) electrons. The second kappa shape index (κ2) is 7.25. The molecule has 0 atom stereocenters. The molecule has 0 amide bonds. The maximum absolute atomic E-state index is 6.16. The average Bonchev–Trinajstić information content (AvgIpc) is 2.52. The normalized spacial score (nSPS) is 14.3. The van der Waals surface area contributed by atoms with E-state index in [1.807, 2.05) is 43.3 Å². The van der Waals surface area contributed by atoms with E-state index in [1.165, 1.54) is 11.8 Å². The molecule has 0 fully saturated rings. The van der Waals surface area contributed by atoms with Crippen molar-refractivity contribution in [2.75, 3.05) is 6.79 Å². The van der Waals surface area contributed by atoms with Gasteiger partial charge in [-0.2, -0.15) is 0 Å². The Kier molecular flexibility index (Phi) is 5.10. The fraction of sp³-hybridized carbons (Fsp3) is 0.235. The maximum Gasteiger partial charge on any atom is 0.189 e. The Balaban J connectivity index is 1.74. The topological polar surface area (TPSA) is 56.8 Å². The van der Waals surface area contributed by atoms with Crippen LogP contribution in [0.25, 0.3) is 0 Å². The number of thioether (sulfide) groups is 1. The molecular weight excluding hydrogens is 332 g/mol. The first-order chi connectivity index (χ1) is 11.1. The molecule has 1 aliphatic heterocycles. The van der Waals surface area contributed by atoms with Crippen molar-refractivity contribution < 1.29 is 9.47 Å². The van der Waals surface area contributed by atoms with Gasteiger partial charge in [0.25, 0.3) is 0 Å². The van der Waals surface area contributed by atoms with Gasteiger partial charge in [-0.05, 0) is 36.8 Å². The summed E-state index contributed by atoms with van der Waals surface area (Å²) in [7, 11) is 0. The number of fused-ring (bicyclic) bond motifs is 1. The molecule has 3 rings (SSSR count). The largest absolute Gasteiger partial charge is 0.467 e. The van der Waals surface area contributed by atoms with Crippen molar-refractivity contribution in [1.29, 1.82) is 0 Å². The van der Waals surface area contributed by atoms with E-state index in [4.69, 9.17) is 26.8 Å². The van der Waals surface area contributed by atoms with Crippen LogP contribution in [0.2, 0.25) is 5.02 Å². The van der Waals surface area contributed by atoms with Gasteiger partial charge in [-0.3, -0.25) is 0 Å². The molecule has 1 heterocycles. The third kappa shape index (κ3) is 4.19. The number of nitrogens with zero attached hydrogens (tertiary/aromatic N) is 1. The highest BCUT2D eigenvalue weighted by Gasteiger charge is 2.16. The van der Waals surface area contributed by atoms with E-state index < -0.39 is 0 Å². The Bertz CT molecular complexity index is 749. The third-order valence-electron chi connectivity index (χ3n) is 3.37. The average molecular weight is 349 g/mol. The van der Waals surface area contributed by atoms with Crippen molar-refractivity contribution in [1.82, 2.24) is 0 Å². The lowest BCUT2D eigenvalue weighted by Crippen LogP contribution is -2.13. The number of aryl methyl sites for hydroxylation is 1. The zero-order valence-corrected chi connectivity index (χ0v) is 14.3. The summed E-state index contributed by atoms with van der Waals surface area (Å²) in [5.41, 5.74) is 10.0. The lowest BCUT2D eigenvalue weighted by Gasteiger charge is -2.21. The minimum atomic E-state index is 0.263. The highest BCUT2D eigenvalue weighted by Crippen LogP contribution is 2.34. The van der Waals surface area contributed by atoms with Crippen LogP contribution in [0.15, 0.2) is 41.4 Å². The molecule has 6 heteroatoms. The van der Waals surface area contributed by atoms with Crippen molar-refractivity contribution in [2.24, 2.45) is 10.7 Å². The first kappa shape index (κ1) is 16.2. The lowest BCUT2D eigenvalue weighted by atomic mass is 10.1. The fourth-order valence-electron chi connectivity index (χ4n) is 2.37. The van der Waals surface area contributed by atoms with E-state index >= 15 is 0 Å². The van der Waals surface area contributed by atoms with Gasteiger partial charge in [0.2, 0.25) is 0 Å². The van der Waals surface area contributed by atoms with Crippen molar-refractivity contribution in [3.05, 3.63) is 58.1 Å². The van der Waals surface area contributed by atoms with Gasteiger partial charge in [-0.1, -0.05) is 35.5 Å². The number of hydrogen-bond acceptors (Lipinski definition) is 4. The molecule has 120 valence electrons. The first-order valence-electron chi connectivity index (χ1n) is 7.17. The summed E-state index contributed by atoms with van der Waals surface area (Å²) in [5.74, 6) is 1.49. The molecule has 4 nitrogen and oxygen atoms in total. The molecular formula is C17H17ClN2O2S.